The van der Waals surface area contributed by atoms with E-state index in [2.05, 4.69) is 24.1 Å². The van der Waals surface area contributed by atoms with E-state index in [9.17, 15) is 9.59 Å². The third-order valence-electron chi connectivity index (χ3n) is 6.27. The number of methoxy groups -OCH3 is 2. The predicted molar refractivity (Wildman–Crippen MR) is 134 cm³/mol. The molecule has 34 heavy (non-hydrogen) atoms. The molecule has 0 aliphatic carbocycles. The highest BCUT2D eigenvalue weighted by Crippen LogP contribution is 2.42. The Morgan fingerprint density at radius 1 is 0.941 bits per heavy atom. The van der Waals surface area contributed by atoms with Crippen molar-refractivity contribution in [1.82, 2.24) is 10.2 Å². The van der Waals surface area contributed by atoms with Gasteiger partial charge in [-0.05, 0) is 67.9 Å². The van der Waals surface area contributed by atoms with Gasteiger partial charge in [-0.15, -0.1) is 0 Å². The molecule has 1 N–H and O–H groups in total. The Morgan fingerprint density at radius 3 is 2.03 bits per heavy atom. The minimum atomic E-state index is -0.478. The third-order valence-corrected chi connectivity index (χ3v) is 6.27. The second-order valence-electron chi connectivity index (χ2n) is 8.62. The Labute approximate surface area is 203 Å². The monoisotopic (exact) mass is 467 g/mol. The maximum atomic E-state index is 13.3. The minimum absolute atomic E-state index is 0.0651. The van der Waals surface area contributed by atoms with Gasteiger partial charge in [-0.3, -0.25) is 9.59 Å². The molecule has 0 radical (unpaired) electrons. The highest BCUT2D eigenvalue weighted by Gasteiger charge is 2.45. The van der Waals surface area contributed by atoms with E-state index in [0.717, 1.165) is 55.2 Å². The van der Waals surface area contributed by atoms with E-state index < -0.39 is 12.0 Å². The summed E-state index contributed by atoms with van der Waals surface area (Å²) in [4.78, 5) is 30.6. The molecule has 0 unspecified atom stereocenters. The van der Waals surface area contributed by atoms with Crippen LogP contribution < -0.4 is 19.7 Å². The van der Waals surface area contributed by atoms with Gasteiger partial charge in [0.2, 0.25) is 11.8 Å². The number of hydrogen-bond acceptors (Lipinski definition) is 5. The lowest BCUT2D eigenvalue weighted by atomic mass is 9.92. The average molecular weight is 468 g/mol. The van der Waals surface area contributed by atoms with Crippen molar-refractivity contribution >= 4 is 17.5 Å². The maximum absolute atomic E-state index is 13.3. The van der Waals surface area contributed by atoms with Crippen LogP contribution in [0.4, 0.5) is 5.69 Å². The van der Waals surface area contributed by atoms with Gasteiger partial charge < -0.3 is 24.6 Å². The molecule has 7 nitrogen and oxygen atoms in total. The summed E-state index contributed by atoms with van der Waals surface area (Å²) < 4.78 is 10.6. The fourth-order valence-electron chi connectivity index (χ4n) is 4.64. The average Bonchev–Trinajstić information content (AvgIpc) is 3.21. The van der Waals surface area contributed by atoms with Crippen LogP contribution in [0, 0.1) is 5.92 Å². The van der Waals surface area contributed by atoms with Crippen LogP contribution >= 0.6 is 0 Å². The number of hydrogen-bond donors (Lipinski definition) is 1. The van der Waals surface area contributed by atoms with Crippen LogP contribution in [0.5, 0.6) is 11.5 Å². The van der Waals surface area contributed by atoms with Crippen LogP contribution in [-0.4, -0.2) is 57.1 Å². The molecule has 0 spiro atoms. The second kappa shape index (κ2) is 12.4. The van der Waals surface area contributed by atoms with Crippen molar-refractivity contribution in [3.63, 3.8) is 0 Å². The number of carbonyl (C=O) groups excluding carboxylic acids is 2. The summed E-state index contributed by atoms with van der Waals surface area (Å²) in [5, 5.41) is 3.10. The van der Waals surface area contributed by atoms with Crippen LogP contribution in [0.3, 0.4) is 0 Å². The van der Waals surface area contributed by atoms with Crippen molar-refractivity contribution in [2.24, 2.45) is 5.92 Å². The molecule has 1 fully saturated rings. The zero-order valence-electron chi connectivity index (χ0n) is 20.8. The molecule has 2 amide bonds. The lowest BCUT2D eigenvalue weighted by molar-refractivity contribution is -0.126. The highest BCUT2D eigenvalue weighted by molar-refractivity contribution is 6.01. The first-order valence-corrected chi connectivity index (χ1v) is 12.1. The first-order valence-electron chi connectivity index (χ1n) is 12.1. The van der Waals surface area contributed by atoms with Crippen molar-refractivity contribution in [1.29, 1.82) is 0 Å². The zero-order valence-corrected chi connectivity index (χ0v) is 20.8. The van der Waals surface area contributed by atoms with Gasteiger partial charge in [-0.1, -0.05) is 26.0 Å². The molecule has 3 rings (SSSR count). The van der Waals surface area contributed by atoms with Crippen molar-refractivity contribution in [2.75, 3.05) is 45.3 Å². The number of rotatable bonds is 12. The Morgan fingerprint density at radius 2 is 1.50 bits per heavy atom. The molecular weight excluding hydrogens is 430 g/mol. The molecule has 2 atom stereocenters. The van der Waals surface area contributed by atoms with E-state index in [1.807, 2.05) is 48.5 Å². The largest absolute Gasteiger partial charge is 0.497 e. The molecule has 0 saturated carbocycles. The van der Waals surface area contributed by atoms with Gasteiger partial charge in [-0.2, -0.15) is 0 Å². The van der Waals surface area contributed by atoms with Crippen molar-refractivity contribution in [3.8, 4) is 11.5 Å². The topological polar surface area (TPSA) is 71.1 Å². The van der Waals surface area contributed by atoms with E-state index >= 15 is 0 Å². The van der Waals surface area contributed by atoms with Crippen LogP contribution in [-0.2, 0) is 9.59 Å². The number of anilines is 1. The summed E-state index contributed by atoms with van der Waals surface area (Å²) in [6.45, 7) is 7.75. The molecule has 7 heteroatoms. The van der Waals surface area contributed by atoms with Gasteiger partial charge >= 0.3 is 0 Å². The van der Waals surface area contributed by atoms with Gasteiger partial charge in [0.15, 0.2) is 0 Å². The predicted octanol–water partition coefficient (Wildman–Crippen LogP) is 4.04. The Bertz CT molecular complexity index is 924. The smallest absolute Gasteiger partial charge is 0.228 e. The molecule has 2 aromatic rings. The summed E-state index contributed by atoms with van der Waals surface area (Å²) in [6.07, 6.45) is 2.34. The number of nitrogens with zero attached hydrogens (tertiary/aromatic N) is 2. The van der Waals surface area contributed by atoms with E-state index in [1.165, 1.54) is 0 Å². The van der Waals surface area contributed by atoms with Crippen LogP contribution in [0.25, 0.3) is 0 Å². The number of carbonyl (C=O) groups is 2. The van der Waals surface area contributed by atoms with E-state index in [1.54, 1.807) is 19.1 Å². The van der Waals surface area contributed by atoms with Gasteiger partial charge in [-0.25, -0.2) is 0 Å². The van der Waals surface area contributed by atoms with Gasteiger partial charge in [0.25, 0.3) is 0 Å². The first kappa shape index (κ1) is 25.6. The molecule has 1 aliphatic rings. The van der Waals surface area contributed by atoms with Crippen LogP contribution in [0.15, 0.2) is 48.5 Å². The standard InChI is InChI=1S/C27H37N3O4/c1-5-16-29(17-6-2)18-15-28-27(32)24-19-25(31)30(21-9-13-23(34-4)14-10-21)26(24)20-7-11-22(33-3)12-8-20/h7-14,24,26H,5-6,15-19H2,1-4H3,(H,28,32)/t24-,26-/m0/s1. The summed E-state index contributed by atoms with van der Waals surface area (Å²) in [6, 6.07) is 14.6. The second-order valence-corrected chi connectivity index (χ2v) is 8.62. The lowest BCUT2D eigenvalue weighted by Crippen LogP contribution is -2.40. The zero-order chi connectivity index (χ0) is 24.5. The molecule has 1 aliphatic heterocycles. The van der Waals surface area contributed by atoms with Gasteiger partial charge in [0.05, 0.1) is 26.2 Å². The van der Waals surface area contributed by atoms with Crippen molar-refractivity contribution in [3.05, 3.63) is 54.1 Å². The van der Waals surface area contributed by atoms with Crippen LogP contribution in [0.1, 0.15) is 44.7 Å². The SMILES string of the molecule is CCCN(CCC)CCNC(=O)[C@H]1CC(=O)N(c2ccc(OC)cc2)[C@H]1c1ccc(OC)cc1. The fraction of sp³-hybridized carbons (Fsp3) is 0.481. The number of ether oxygens (including phenoxy) is 2. The van der Waals surface area contributed by atoms with Crippen LogP contribution in [0.2, 0.25) is 0 Å². The lowest BCUT2D eigenvalue weighted by Gasteiger charge is -2.29. The Hall–Kier alpha value is -3.06. The first-order chi connectivity index (χ1) is 16.5. The molecule has 1 heterocycles. The summed E-state index contributed by atoms with van der Waals surface area (Å²) in [5.74, 6) is 0.822. The normalized spacial score (nSPS) is 17.8. The molecule has 0 bridgehead atoms. The Balaban J connectivity index is 1.82. The number of amides is 2. The van der Waals surface area contributed by atoms with Gasteiger partial charge in [0, 0.05) is 25.2 Å². The van der Waals surface area contributed by atoms with E-state index in [-0.39, 0.29) is 18.2 Å². The summed E-state index contributed by atoms with van der Waals surface area (Å²) in [7, 11) is 3.23. The number of benzene rings is 2. The molecular formula is C27H37N3O4. The van der Waals surface area contributed by atoms with Crippen molar-refractivity contribution in [2.45, 2.75) is 39.2 Å². The van der Waals surface area contributed by atoms with E-state index in [0.29, 0.717) is 6.54 Å². The quantitative estimate of drug-likeness (QED) is 0.510. The Kier molecular flexibility index (Phi) is 9.33. The molecule has 0 aromatic heterocycles. The maximum Gasteiger partial charge on any atom is 0.228 e. The summed E-state index contributed by atoms with van der Waals surface area (Å²) in [5.41, 5.74) is 1.65. The summed E-state index contributed by atoms with van der Waals surface area (Å²) >= 11 is 0. The minimum Gasteiger partial charge on any atom is -0.497 e. The molecule has 2 aromatic carbocycles. The van der Waals surface area contributed by atoms with Crippen molar-refractivity contribution < 1.29 is 19.1 Å². The molecule has 1 saturated heterocycles. The highest BCUT2D eigenvalue weighted by atomic mass is 16.5. The number of nitrogens with one attached hydrogen (secondary N) is 1. The molecule has 184 valence electrons. The van der Waals surface area contributed by atoms with Gasteiger partial charge in [0.1, 0.15) is 11.5 Å². The van der Waals surface area contributed by atoms with E-state index in [4.69, 9.17) is 9.47 Å². The third kappa shape index (κ3) is 6.08. The fourth-order valence-corrected chi connectivity index (χ4v) is 4.64.